The molecule has 2 N–H and O–H groups in total. The first-order valence-electron chi connectivity index (χ1n) is 5.86. The van der Waals surface area contributed by atoms with Gasteiger partial charge >= 0.3 is 5.97 Å². The number of aliphatic carboxylic acids is 1. The van der Waals surface area contributed by atoms with Gasteiger partial charge in [0.05, 0.1) is 0 Å². The fraction of sp³-hybridized carbons (Fsp3) is 0.692. The maximum Gasteiger partial charge on any atom is 0.332 e. The average molecular weight is 240 g/mol. The van der Waals surface area contributed by atoms with Crippen molar-refractivity contribution in [2.24, 2.45) is 11.3 Å². The predicted molar refractivity (Wildman–Crippen MR) is 63.5 cm³/mol. The molecule has 0 spiro atoms. The van der Waals surface area contributed by atoms with E-state index in [-0.39, 0.29) is 23.5 Å². The van der Waals surface area contributed by atoms with E-state index in [1.54, 1.807) is 6.08 Å². The number of carboxylic acids is 1. The van der Waals surface area contributed by atoms with Crippen molar-refractivity contribution in [3.8, 4) is 0 Å². The van der Waals surface area contributed by atoms with Gasteiger partial charge < -0.3 is 10.2 Å². The Morgan fingerprint density at radius 3 is 2.65 bits per heavy atom. The molecular formula is C13H20O4. The number of aliphatic hydroxyl groups excluding tert-OH is 1. The van der Waals surface area contributed by atoms with Gasteiger partial charge in [0.15, 0.2) is 11.9 Å². The second-order valence-electron chi connectivity index (χ2n) is 5.50. The van der Waals surface area contributed by atoms with Crippen molar-refractivity contribution in [1.29, 1.82) is 0 Å². The molecule has 17 heavy (non-hydrogen) atoms. The Labute approximate surface area is 101 Å². The number of aliphatic hydroxyl groups is 1. The molecule has 0 fully saturated rings. The smallest absolute Gasteiger partial charge is 0.332 e. The second kappa shape index (κ2) is 5.00. The second-order valence-corrected chi connectivity index (χ2v) is 5.50. The van der Waals surface area contributed by atoms with Gasteiger partial charge in [0.1, 0.15) is 0 Å². The molecule has 0 aromatic rings. The van der Waals surface area contributed by atoms with E-state index >= 15 is 0 Å². The normalized spacial score (nSPS) is 25.3. The number of carbonyl (C=O) groups is 2. The molecular weight excluding hydrogens is 220 g/mol. The third-order valence-corrected chi connectivity index (χ3v) is 3.53. The van der Waals surface area contributed by atoms with E-state index in [9.17, 15) is 14.7 Å². The lowest BCUT2D eigenvalue weighted by atomic mass is 9.66. The molecule has 0 aromatic carbocycles. The van der Waals surface area contributed by atoms with E-state index in [1.807, 2.05) is 20.8 Å². The molecule has 0 aromatic heterocycles. The highest BCUT2D eigenvalue weighted by atomic mass is 16.4. The van der Waals surface area contributed by atoms with Crippen LogP contribution in [0.15, 0.2) is 11.6 Å². The van der Waals surface area contributed by atoms with Crippen LogP contribution in [-0.2, 0) is 9.59 Å². The van der Waals surface area contributed by atoms with Gasteiger partial charge in [-0.3, -0.25) is 4.79 Å². The van der Waals surface area contributed by atoms with E-state index in [0.29, 0.717) is 12.8 Å². The Hall–Kier alpha value is -1.16. The highest BCUT2D eigenvalue weighted by Gasteiger charge is 2.36. The summed E-state index contributed by atoms with van der Waals surface area (Å²) < 4.78 is 0. The zero-order chi connectivity index (χ0) is 13.2. The largest absolute Gasteiger partial charge is 0.479 e. The van der Waals surface area contributed by atoms with Crippen LogP contribution in [-0.4, -0.2) is 28.1 Å². The topological polar surface area (TPSA) is 74.6 Å². The van der Waals surface area contributed by atoms with Crippen LogP contribution in [0.3, 0.4) is 0 Å². The molecule has 0 saturated carbocycles. The Morgan fingerprint density at radius 1 is 1.59 bits per heavy atom. The van der Waals surface area contributed by atoms with Gasteiger partial charge in [0, 0.05) is 6.42 Å². The fourth-order valence-corrected chi connectivity index (χ4v) is 2.66. The highest BCUT2D eigenvalue weighted by molar-refractivity contribution is 5.91. The van der Waals surface area contributed by atoms with Crippen molar-refractivity contribution in [2.45, 2.75) is 46.1 Å². The first-order valence-corrected chi connectivity index (χ1v) is 5.86. The Bertz CT molecular complexity index is 354. The van der Waals surface area contributed by atoms with Gasteiger partial charge in [-0.15, -0.1) is 0 Å². The van der Waals surface area contributed by atoms with Crippen molar-refractivity contribution < 1.29 is 19.8 Å². The molecule has 0 amide bonds. The molecule has 2 atom stereocenters. The van der Waals surface area contributed by atoms with E-state index in [2.05, 4.69) is 0 Å². The standard InChI is InChI=1S/C13H20O4/c1-8-6-9(14)7-13(2,3)10(8)4-5-11(15)12(16)17/h6,10-11,15H,4-5,7H2,1-3H3,(H,16,17)/t10-,11-/m1/s1. The summed E-state index contributed by atoms with van der Waals surface area (Å²) in [6.07, 6.45) is 1.64. The molecule has 4 heteroatoms. The van der Waals surface area contributed by atoms with Crippen LogP contribution in [0.25, 0.3) is 0 Å². The van der Waals surface area contributed by atoms with Crippen molar-refractivity contribution in [3.63, 3.8) is 0 Å². The number of carboxylic acid groups (broad SMARTS) is 1. The quantitative estimate of drug-likeness (QED) is 0.785. The van der Waals surface area contributed by atoms with Crippen molar-refractivity contribution in [1.82, 2.24) is 0 Å². The molecule has 0 bridgehead atoms. The summed E-state index contributed by atoms with van der Waals surface area (Å²) in [5.41, 5.74) is 0.831. The SMILES string of the molecule is CC1=CC(=O)CC(C)(C)[C@@H]1CC[C@@H](O)C(=O)O. The Balaban J connectivity index is 2.71. The minimum absolute atomic E-state index is 0.127. The number of allylic oxidation sites excluding steroid dienone is 2. The van der Waals surface area contributed by atoms with E-state index in [1.165, 1.54) is 0 Å². The minimum Gasteiger partial charge on any atom is -0.479 e. The summed E-state index contributed by atoms with van der Waals surface area (Å²) in [6, 6.07) is 0. The van der Waals surface area contributed by atoms with Crippen LogP contribution in [0.4, 0.5) is 0 Å². The van der Waals surface area contributed by atoms with Crippen molar-refractivity contribution in [3.05, 3.63) is 11.6 Å². The van der Waals surface area contributed by atoms with Gasteiger partial charge in [-0.05, 0) is 37.2 Å². The van der Waals surface area contributed by atoms with E-state index in [4.69, 9.17) is 5.11 Å². The summed E-state index contributed by atoms with van der Waals surface area (Å²) in [7, 11) is 0. The van der Waals surface area contributed by atoms with Gasteiger partial charge in [0.25, 0.3) is 0 Å². The highest BCUT2D eigenvalue weighted by Crippen LogP contribution is 2.42. The molecule has 96 valence electrons. The van der Waals surface area contributed by atoms with Crippen LogP contribution in [0.1, 0.15) is 40.0 Å². The van der Waals surface area contributed by atoms with Crippen LogP contribution in [0.5, 0.6) is 0 Å². The first-order chi connectivity index (χ1) is 7.74. The molecule has 0 saturated heterocycles. The van der Waals surface area contributed by atoms with Crippen molar-refractivity contribution >= 4 is 11.8 Å². The lowest BCUT2D eigenvalue weighted by molar-refractivity contribution is -0.147. The number of hydrogen-bond acceptors (Lipinski definition) is 3. The lowest BCUT2D eigenvalue weighted by Crippen LogP contribution is -2.33. The molecule has 0 radical (unpaired) electrons. The molecule has 1 rings (SSSR count). The van der Waals surface area contributed by atoms with Gasteiger partial charge in [-0.25, -0.2) is 4.79 Å². The van der Waals surface area contributed by atoms with Crippen molar-refractivity contribution in [2.75, 3.05) is 0 Å². The van der Waals surface area contributed by atoms with Gasteiger partial charge in [-0.1, -0.05) is 19.4 Å². The summed E-state index contributed by atoms with van der Waals surface area (Å²) in [5, 5.41) is 17.9. The summed E-state index contributed by atoms with van der Waals surface area (Å²) in [6.45, 7) is 5.93. The molecule has 0 unspecified atom stereocenters. The monoisotopic (exact) mass is 240 g/mol. The van der Waals surface area contributed by atoms with Gasteiger partial charge in [0.2, 0.25) is 0 Å². The zero-order valence-electron chi connectivity index (χ0n) is 10.6. The maximum atomic E-state index is 11.5. The third-order valence-electron chi connectivity index (χ3n) is 3.53. The number of ketones is 1. The number of hydrogen-bond donors (Lipinski definition) is 2. The van der Waals surface area contributed by atoms with Crippen LogP contribution in [0.2, 0.25) is 0 Å². The van der Waals surface area contributed by atoms with E-state index in [0.717, 1.165) is 5.57 Å². The number of rotatable bonds is 4. The summed E-state index contributed by atoms with van der Waals surface area (Å²) >= 11 is 0. The fourth-order valence-electron chi connectivity index (χ4n) is 2.66. The third kappa shape index (κ3) is 3.40. The Morgan fingerprint density at radius 2 is 2.18 bits per heavy atom. The molecule has 0 aliphatic heterocycles. The van der Waals surface area contributed by atoms with Gasteiger partial charge in [-0.2, -0.15) is 0 Å². The first kappa shape index (κ1) is 13.9. The van der Waals surface area contributed by atoms with Crippen LogP contribution >= 0.6 is 0 Å². The van der Waals surface area contributed by atoms with Crippen LogP contribution < -0.4 is 0 Å². The lowest BCUT2D eigenvalue weighted by Gasteiger charge is -2.38. The summed E-state index contributed by atoms with van der Waals surface area (Å²) in [4.78, 5) is 22.0. The summed E-state index contributed by atoms with van der Waals surface area (Å²) in [5.74, 6) is -0.895. The minimum atomic E-state index is -1.31. The zero-order valence-corrected chi connectivity index (χ0v) is 10.6. The Kier molecular flexibility index (Phi) is 4.09. The molecule has 0 heterocycles. The van der Waals surface area contributed by atoms with E-state index < -0.39 is 12.1 Å². The average Bonchev–Trinajstić information content (AvgIpc) is 2.13. The molecule has 1 aliphatic rings. The number of carbonyl (C=O) groups excluding carboxylic acids is 1. The van der Waals surface area contributed by atoms with Crippen LogP contribution in [0, 0.1) is 11.3 Å². The molecule has 4 nitrogen and oxygen atoms in total. The molecule has 1 aliphatic carbocycles. The predicted octanol–water partition coefficient (Wildman–Crippen LogP) is 1.77. The maximum absolute atomic E-state index is 11.5.